The van der Waals surface area contributed by atoms with Crippen LogP contribution in [0.15, 0.2) is 72.9 Å². The fourth-order valence-corrected chi connectivity index (χ4v) is 4.01. The predicted octanol–water partition coefficient (Wildman–Crippen LogP) is 5.79. The molecular formula is C30H31FN4O3. The van der Waals surface area contributed by atoms with Gasteiger partial charge in [-0.05, 0) is 99.5 Å². The van der Waals surface area contributed by atoms with Crippen molar-refractivity contribution in [2.75, 3.05) is 19.0 Å². The number of benzene rings is 3. The number of hydrogen-bond donors (Lipinski definition) is 1. The van der Waals surface area contributed by atoms with Crippen LogP contribution in [-0.4, -0.2) is 46.0 Å². The van der Waals surface area contributed by atoms with E-state index in [-0.39, 0.29) is 18.5 Å². The molecule has 2 amide bonds. The van der Waals surface area contributed by atoms with Gasteiger partial charge in [-0.3, -0.25) is 19.5 Å². The largest absolute Gasteiger partial charge is 0.497 e. The van der Waals surface area contributed by atoms with Crippen molar-refractivity contribution >= 4 is 17.8 Å². The van der Waals surface area contributed by atoms with Crippen LogP contribution >= 0.6 is 0 Å². The molecule has 196 valence electrons. The van der Waals surface area contributed by atoms with Gasteiger partial charge in [-0.25, -0.2) is 9.37 Å². The zero-order valence-corrected chi connectivity index (χ0v) is 22.2. The molecule has 1 heterocycles. The van der Waals surface area contributed by atoms with Gasteiger partial charge in [0.25, 0.3) is 5.91 Å². The Morgan fingerprint density at radius 2 is 1.68 bits per heavy atom. The first-order valence-electron chi connectivity index (χ1n) is 12.3. The molecule has 1 N–H and O–H groups in total. The second-order valence-electron chi connectivity index (χ2n) is 9.40. The van der Waals surface area contributed by atoms with E-state index < -0.39 is 11.7 Å². The molecular weight excluding hydrogens is 483 g/mol. The van der Waals surface area contributed by atoms with Crippen LogP contribution in [0.5, 0.6) is 5.75 Å². The van der Waals surface area contributed by atoms with E-state index in [1.54, 1.807) is 7.11 Å². The summed E-state index contributed by atoms with van der Waals surface area (Å²) in [7, 11) is 1.61. The Morgan fingerprint density at radius 3 is 2.29 bits per heavy atom. The molecule has 0 aliphatic rings. The Kier molecular flexibility index (Phi) is 7.90. The SMILES string of the molecule is COc1ccc(-c2cn(-c3ccc(C)c(C)c3)c(NC(=O)CN(C(=O)c3ccc(F)cc3)C(C)C)n2)cc1. The number of methoxy groups -OCH3 is 1. The van der Waals surface area contributed by atoms with E-state index in [1.807, 2.05) is 80.9 Å². The Labute approximate surface area is 221 Å². The fourth-order valence-electron chi connectivity index (χ4n) is 4.01. The van der Waals surface area contributed by atoms with Crippen molar-refractivity contribution in [1.82, 2.24) is 14.5 Å². The summed E-state index contributed by atoms with van der Waals surface area (Å²) in [6.07, 6.45) is 1.87. The van der Waals surface area contributed by atoms with Gasteiger partial charge in [0.05, 0.1) is 12.8 Å². The zero-order valence-electron chi connectivity index (χ0n) is 22.2. The summed E-state index contributed by atoms with van der Waals surface area (Å²) in [5.41, 5.74) is 4.95. The summed E-state index contributed by atoms with van der Waals surface area (Å²) >= 11 is 0. The molecule has 0 fully saturated rings. The number of aryl methyl sites for hydroxylation is 2. The van der Waals surface area contributed by atoms with Gasteiger partial charge < -0.3 is 9.64 Å². The number of carbonyl (C=O) groups excluding carboxylic acids is 2. The number of halogens is 1. The number of nitrogens with one attached hydrogen (secondary N) is 1. The van der Waals surface area contributed by atoms with Gasteiger partial charge in [0.15, 0.2) is 0 Å². The molecule has 0 atom stereocenters. The molecule has 1 aromatic heterocycles. The first-order chi connectivity index (χ1) is 18.2. The van der Waals surface area contributed by atoms with Crippen molar-refractivity contribution in [3.63, 3.8) is 0 Å². The average molecular weight is 515 g/mol. The smallest absolute Gasteiger partial charge is 0.254 e. The van der Waals surface area contributed by atoms with Crippen LogP contribution in [0.3, 0.4) is 0 Å². The maximum atomic E-state index is 13.3. The lowest BCUT2D eigenvalue weighted by Crippen LogP contribution is -2.42. The summed E-state index contributed by atoms with van der Waals surface area (Å²) in [5.74, 6) is -0.114. The van der Waals surface area contributed by atoms with Crippen molar-refractivity contribution in [3.8, 4) is 22.7 Å². The van der Waals surface area contributed by atoms with Crippen molar-refractivity contribution in [2.24, 2.45) is 0 Å². The van der Waals surface area contributed by atoms with Crippen LogP contribution < -0.4 is 10.1 Å². The van der Waals surface area contributed by atoms with Crippen LogP contribution in [-0.2, 0) is 4.79 Å². The van der Waals surface area contributed by atoms with E-state index in [2.05, 4.69) is 5.32 Å². The number of imidazole rings is 1. The molecule has 0 saturated carbocycles. The quantitative estimate of drug-likeness (QED) is 0.323. The molecule has 0 aliphatic heterocycles. The number of amides is 2. The van der Waals surface area contributed by atoms with E-state index >= 15 is 0 Å². The zero-order chi connectivity index (χ0) is 27.4. The highest BCUT2D eigenvalue weighted by molar-refractivity contribution is 5.99. The first-order valence-corrected chi connectivity index (χ1v) is 12.3. The van der Waals surface area contributed by atoms with Crippen molar-refractivity contribution in [1.29, 1.82) is 0 Å². The molecule has 0 aliphatic carbocycles. The van der Waals surface area contributed by atoms with Gasteiger partial charge in [0.2, 0.25) is 11.9 Å². The topological polar surface area (TPSA) is 76.5 Å². The molecule has 8 heteroatoms. The van der Waals surface area contributed by atoms with E-state index in [4.69, 9.17) is 9.72 Å². The van der Waals surface area contributed by atoms with Gasteiger partial charge in [-0.2, -0.15) is 0 Å². The summed E-state index contributed by atoms with van der Waals surface area (Å²) in [6, 6.07) is 18.6. The Morgan fingerprint density at radius 1 is 1.00 bits per heavy atom. The van der Waals surface area contributed by atoms with Crippen LogP contribution in [0.1, 0.15) is 35.3 Å². The highest BCUT2D eigenvalue weighted by Gasteiger charge is 2.23. The number of hydrogen-bond acceptors (Lipinski definition) is 4. The minimum Gasteiger partial charge on any atom is -0.497 e. The minimum atomic E-state index is -0.429. The molecule has 0 radical (unpaired) electrons. The van der Waals surface area contributed by atoms with Gasteiger partial charge in [-0.15, -0.1) is 0 Å². The van der Waals surface area contributed by atoms with Crippen LogP contribution in [0.2, 0.25) is 0 Å². The number of ether oxygens (including phenoxy) is 1. The maximum Gasteiger partial charge on any atom is 0.254 e. The molecule has 0 saturated heterocycles. The Balaban J connectivity index is 1.64. The molecule has 0 bridgehead atoms. The number of carbonyl (C=O) groups is 2. The minimum absolute atomic E-state index is 0.189. The van der Waals surface area contributed by atoms with E-state index in [1.165, 1.54) is 29.2 Å². The van der Waals surface area contributed by atoms with E-state index in [0.29, 0.717) is 17.2 Å². The molecule has 38 heavy (non-hydrogen) atoms. The fraction of sp³-hybridized carbons (Fsp3) is 0.233. The molecule has 0 spiro atoms. The van der Waals surface area contributed by atoms with Gasteiger partial charge in [0, 0.05) is 29.1 Å². The molecule has 4 rings (SSSR count). The second-order valence-corrected chi connectivity index (χ2v) is 9.40. The van der Waals surface area contributed by atoms with E-state index in [9.17, 15) is 14.0 Å². The van der Waals surface area contributed by atoms with E-state index in [0.717, 1.165) is 28.1 Å². The third-order valence-electron chi connectivity index (χ3n) is 6.40. The number of anilines is 1. The molecule has 7 nitrogen and oxygen atoms in total. The summed E-state index contributed by atoms with van der Waals surface area (Å²) < 4.78 is 20.4. The summed E-state index contributed by atoms with van der Waals surface area (Å²) in [6.45, 7) is 7.53. The Hall–Kier alpha value is -4.46. The lowest BCUT2D eigenvalue weighted by molar-refractivity contribution is -0.117. The average Bonchev–Trinajstić information content (AvgIpc) is 3.32. The number of nitrogens with zero attached hydrogens (tertiary/aromatic N) is 3. The second kappa shape index (κ2) is 11.3. The van der Waals surface area contributed by atoms with Gasteiger partial charge in [-0.1, -0.05) is 6.07 Å². The molecule has 0 unspecified atom stereocenters. The van der Waals surface area contributed by atoms with Gasteiger partial charge in [0.1, 0.15) is 18.1 Å². The van der Waals surface area contributed by atoms with Crippen molar-refractivity contribution in [3.05, 3.63) is 95.4 Å². The van der Waals surface area contributed by atoms with Crippen molar-refractivity contribution < 1.29 is 18.7 Å². The van der Waals surface area contributed by atoms with Crippen LogP contribution in [0, 0.1) is 19.7 Å². The predicted molar refractivity (Wildman–Crippen MR) is 146 cm³/mol. The lowest BCUT2D eigenvalue weighted by atomic mass is 10.1. The van der Waals surface area contributed by atoms with Crippen LogP contribution in [0.4, 0.5) is 10.3 Å². The molecule has 4 aromatic rings. The standard InChI is InChI=1S/C30H31FN4O3/c1-19(2)34(29(37)23-7-11-24(31)12-8-23)18-28(36)33-30-32-27(22-9-14-26(38-5)15-10-22)17-35(30)25-13-6-20(3)21(4)16-25/h6-17,19H,18H2,1-5H3,(H,32,33,36). The summed E-state index contributed by atoms with van der Waals surface area (Å²) in [5, 5.41) is 2.89. The summed E-state index contributed by atoms with van der Waals surface area (Å²) in [4.78, 5) is 32.4. The van der Waals surface area contributed by atoms with Crippen LogP contribution in [0.25, 0.3) is 16.9 Å². The number of rotatable bonds is 8. The Bertz CT molecular complexity index is 1440. The molecule has 3 aromatic carbocycles. The monoisotopic (exact) mass is 514 g/mol. The highest BCUT2D eigenvalue weighted by Crippen LogP contribution is 2.27. The first kappa shape index (κ1) is 26.6. The lowest BCUT2D eigenvalue weighted by Gasteiger charge is -2.26. The maximum absolute atomic E-state index is 13.3. The van der Waals surface area contributed by atoms with Crippen molar-refractivity contribution in [2.45, 2.75) is 33.7 Å². The third-order valence-corrected chi connectivity index (χ3v) is 6.40. The third kappa shape index (κ3) is 5.91. The normalized spacial score (nSPS) is 10.9. The number of aromatic nitrogens is 2. The highest BCUT2D eigenvalue weighted by atomic mass is 19.1. The van der Waals surface area contributed by atoms with Gasteiger partial charge >= 0.3 is 0 Å².